The Morgan fingerprint density at radius 1 is 1.00 bits per heavy atom. The summed E-state index contributed by atoms with van der Waals surface area (Å²) in [5.41, 5.74) is 6.59. The molecule has 3 N–H and O–H groups in total. The van der Waals surface area contributed by atoms with Gasteiger partial charge in [-0.25, -0.2) is 4.79 Å². The maximum absolute atomic E-state index is 11.3. The van der Waals surface area contributed by atoms with Gasteiger partial charge in [-0.3, -0.25) is 14.4 Å². The van der Waals surface area contributed by atoms with Crippen LogP contribution in [0.5, 0.6) is 0 Å². The van der Waals surface area contributed by atoms with Crippen molar-refractivity contribution in [1.29, 1.82) is 0 Å². The summed E-state index contributed by atoms with van der Waals surface area (Å²) in [6.45, 7) is -0.0562. The van der Waals surface area contributed by atoms with Gasteiger partial charge in [0.05, 0.1) is 13.7 Å². The zero-order chi connectivity index (χ0) is 21.7. The van der Waals surface area contributed by atoms with Crippen LogP contribution in [0.2, 0.25) is 0 Å². The maximum atomic E-state index is 11.3. The first-order valence-corrected chi connectivity index (χ1v) is 7.45. The van der Waals surface area contributed by atoms with Crippen LogP contribution in [0.1, 0.15) is 17.5 Å². The molecule has 0 saturated heterocycles. The molecule has 0 heterocycles. The van der Waals surface area contributed by atoms with Crippen molar-refractivity contribution in [2.45, 2.75) is 25.8 Å². The molecule has 0 aliphatic rings. The standard InChI is InChI=1S/C14H17NO6.C2HF3O2/c1-19-12(16)6-13(17)20-8-10-3-2-4-11(5-10)9-21-14(18)7-15;3-2(4,5)1(6)7/h2-5H,6-9,15H2,1H3;(H,6,7). The third kappa shape index (κ3) is 11.5. The zero-order valence-corrected chi connectivity index (χ0v) is 14.7. The summed E-state index contributed by atoms with van der Waals surface area (Å²) in [6, 6.07) is 6.99. The molecule has 156 valence electrons. The number of halogens is 3. The van der Waals surface area contributed by atoms with Gasteiger partial charge in [-0.2, -0.15) is 13.2 Å². The predicted molar refractivity (Wildman–Crippen MR) is 85.4 cm³/mol. The van der Waals surface area contributed by atoms with Crippen LogP contribution < -0.4 is 5.73 Å². The molecule has 0 saturated carbocycles. The highest BCUT2D eigenvalue weighted by atomic mass is 19.4. The average Bonchev–Trinajstić information content (AvgIpc) is 2.64. The van der Waals surface area contributed by atoms with E-state index < -0.39 is 36.5 Å². The number of methoxy groups -OCH3 is 1. The van der Waals surface area contributed by atoms with E-state index in [1.165, 1.54) is 7.11 Å². The molecule has 12 heteroatoms. The first-order chi connectivity index (χ1) is 13.0. The summed E-state index contributed by atoms with van der Waals surface area (Å²) in [5, 5.41) is 7.12. The van der Waals surface area contributed by atoms with Crippen LogP contribution in [0.15, 0.2) is 24.3 Å². The van der Waals surface area contributed by atoms with Gasteiger partial charge in [-0.1, -0.05) is 18.2 Å². The van der Waals surface area contributed by atoms with E-state index in [4.69, 9.17) is 25.1 Å². The lowest BCUT2D eigenvalue weighted by Crippen LogP contribution is -2.21. The second kappa shape index (κ2) is 12.3. The van der Waals surface area contributed by atoms with Gasteiger partial charge >= 0.3 is 30.1 Å². The van der Waals surface area contributed by atoms with Gasteiger partial charge in [-0.15, -0.1) is 0 Å². The van der Waals surface area contributed by atoms with E-state index in [-0.39, 0.29) is 19.8 Å². The molecule has 0 fully saturated rings. The third-order valence-corrected chi connectivity index (χ3v) is 2.72. The van der Waals surface area contributed by atoms with Gasteiger partial charge in [-0.05, 0) is 17.2 Å². The molecule has 0 aliphatic carbocycles. The molecule has 0 aliphatic heterocycles. The van der Waals surface area contributed by atoms with Crippen molar-refractivity contribution in [2.24, 2.45) is 5.73 Å². The Labute approximate surface area is 157 Å². The van der Waals surface area contributed by atoms with E-state index in [1.807, 2.05) is 0 Å². The summed E-state index contributed by atoms with van der Waals surface area (Å²) in [7, 11) is 1.20. The van der Waals surface area contributed by atoms with Gasteiger partial charge < -0.3 is 25.1 Å². The van der Waals surface area contributed by atoms with Crippen LogP contribution in [0.4, 0.5) is 13.2 Å². The monoisotopic (exact) mass is 409 g/mol. The van der Waals surface area contributed by atoms with Crippen molar-refractivity contribution in [3.05, 3.63) is 35.4 Å². The van der Waals surface area contributed by atoms with Crippen LogP contribution in [-0.2, 0) is 46.6 Å². The van der Waals surface area contributed by atoms with Gasteiger partial charge in [0.1, 0.15) is 19.6 Å². The number of aliphatic carboxylic acids is 1. The quantitative estimate of drug-likeness (QED) is 0.382. The molecular formula is C16H18F3NO8. The number of hydrogen-bond acceptors (Lipinski definition) is 8. The maximum Gasteiger partial charge on any atom is 0.490 e. The highest BCUT2D eigenvalue weighted by Gasteiger charge is 2.38. The number of nitrogens with two attached hydrogens (primary N) is 1. The van der Waals surface area contributed by atoms with Crippen LogP contribution in [0.25, 0.3) is 0 Å². The topological polar surface area (TPSA) is 142 Å². The van der Waals surface area contributed by atoms with E-state index in [9.17, 15) is 27.6 Å². The van der Waals surface area contributed by atoms with Gasteiger partial charge in [0.15, 0.2) is 0 Å². The summed E-state index contributed by atoms with van der Waals surface area (Å²) >= 11 is 0. The highest BCUT2D eigenvalue weighted by Crippen LogP contribution is 2.13. The minimum atomic E-state index is -5.08. The van der Waals surface area contributed by atoms with Gasteiger partial charge in [0, 0.05) is 0 Å². The first-order valence-electron chi connectivity index (χ1n) is 7.45. The van der Waals surface area contributed by atoms with Gasteiger partial charge in [0.25, 0.3) is 0 Å². The molecule has 0 radical (unpaired) electrons. The van der Waals surface area contributed by atoms with Gasteiger partial charge in [0.2, 0.25) is 0 Å². The Hall–Kier alpha value is -3.15. The number of hydrogen-bond donors (Lipinski definition) is 2. The first kappa shape index (κ1) is 24.8. The summed E-state index contributed by atoms with van der Waals surface area (Å²) < 4.78 is 45.9. The number of rotatable bonds is 7. The van der Waals surface area contributed by atoms with Crippen molar-refractivity contribution >= 4 is 23.9 Å². The zero-order valence-electron chi connectivity index (χ0n) is 14.7. The molecule has 0 bridgehead atoms. The largest absolute Gasteiger partial charge is 0.490 e. The normalized spacial score (nSPS) is 10.2. The molecule has 9 nitrogen and oxygen atoms in total. The molecule has 0 aromatic heterocycles. The van der Waals surface area contributed by atoms with E-state index in [1.54, 1.807) is 24.3 Å². The van der Waals surface area contributed by atoms with Crippen molar-refractivity contribution in [2.75, 3.05) is 13.7 Å². The lowest BCUT2D eigenvalue weighted by atomic mass is 10.1. The van der Waals surface area contributed by atoms with Crippen molar-refractivity contribution in [3.63, 3.8) is 0 Å². The SMILES string of the molecule is COC(=O)CC(=O)OCc1cccc(COC(=O)CN)c1.O=C(O)C(F)(F)F. The molecular weight excluding hydrogens is 391 g/mol. The molecule has 0 unspecified atom stereocenters. The second-order valence-electron chi connectivity index (χ2n) is 4.90. The molecule has 28 heavy (non-hydrogen) atoms. The van der Waals surface area contributed by atoms with E-state index in [2.05, 4.69) is 4.74 Å². The number of carbonyl (C=O) groups excluding carboxylic acids is 3. The van der Waals surface area contributed by atoms with E-state index in [0.29, 0.717) is 0 Å². The van der Waals surface area contributed by atoms with E-state index >= 15 is 0 Å². The fourth-order valence-electron chi connectivity index (χ4n) is 1.44. The Kier molecular flexibility index (Phi) is 10.9. The molecule has 0 spiro atoms. The number of carboxylic acids is 1. The summed E-state index contributed by atoms with van der Waals surface area (Å²) in [4.78, 5) is 42.1. The van der Waals surface area contributed by atoms with Crippen molar-refractivity contribution < 1.29 is 51.7 Å². The molecule has 1 aromatic carbocycles. The minimum absolute atomic E-state index is 0.0223. The van der Waals surface area contributed by atoms with Crippen molar-refractivity contribution in [3.8, 4) is 0 Å². The molecule has 1 aromatic rings. The lowest BCUT2D eigenvalue weighted by molar-refractivity contribution is -0.192. The minimum Gasteiger partial charge on any atom is -0.475 e. The fraction of sp³-hybridized carbons (Fsp3) is 0.375. The Balaban J connectivity index is 0.000000887. The second-order valence-corrected chi connectivity index (χ2v) is 4.90. The predicted octanol–water partition coefficient (Wildman–Crippen LogP) is 0.928. The Morgan fingerprint density at radius 3 is 1.86 bits per heavy atom. The van der Waals surface area contributed by atoms with Crippen molar-refractivity contribution in [1.82, 2.24) is 0 Å². The highest BCUT2D eigenvalue weighted by molar-refractivity contribution is 5.91. The smallest absolute Gasteiger partial charge is 0.475 e. The average molecular weight is 409 g/mol. The van der Waals surface area contributed by atoms with Crippen LogP contribution in [0.3, 0.4) is 0 Å². The number of benzene rings is 1. The number of alkyl halides is 3. The summed E-state index contributed by atoms with van der Waals surface area (Å²) in [6.07, 6.45) is -5.51. The molecule has 1 rings (SSSR count). The van der Waals surface area contributed by atoms with Crippen LogP contribution >= 0.6 is 0 Å². The lowest BCUT2D eigenvalue weighted by Gasteiger charge is -2.07. The number of carboxylic acid groups (broad SMARTS) is 1. The number of ether oxygens (including phenoxy) is 3. The van der Waals surface area contributed by atoms with E-state index in [0.717, 1.165) is 11.1 Å². The number of esters is 3. The van der Waals surface area contributed by atoms with Crippen LogP contribution in [-0.4, -0.2) is 48.8 Å². The van der Waals surface area contributed by atoms with Crippen LogP contribution in [0, 0.1) is 0 Å². The third-order valence-electron chi connectivity index (χ3n) is 2.72. The molecule has 0 atom stereocenters. The fourth-order valence-corrected chi connectivity index (χ4v) is 1.44. The Bertz CT molecular complexity index is 691. The molecule has 0 amide bonds. The Morgan fingerprint density at radius 2 is 1.46 bits per heavy atom. The summed E-state index contributed by atoms with van der Waals surface area (Å²) in [5.74, 6) is -4.57. The number of carbonyl (C=O) groups is 4.